The third-order valence-electron chi connectivity index (χ3n) is 6.23. The van der Waals surface area contributed by atoms with Crippen molar-refractivity contribution in [2.75, 3.05) is 19.6 Å². The third-order valence-corrected chi connectivity index (χ3v) is 6.73. The van der Waals surface area contributed by atoms with E-state index in [0.717, 1.165) is 0 Å². The van der Waals surface area contributed by atoms with Crippen LogP contribution >= 0.6 is 23.2 Å². The van der Waals surface area contributed by atoms with Crippen LogP contribution in [0.2, 0.25) is 10.0 Å². The summed E-state index contributed by atoms with van der Waals surface area (Å²) < 4.78 is 6.22. The van der Waals surface area contributed by atoms with Crippen LogP contribution < -0.4 is 4.74 Å². The lowest BCUT2D eigenvalue weighted by Gasteiger charge is -2.44. The lowest BCUT2D eigenvalue weighted by molar-refractivity contribution is -0.139. The molecule has 3 aliphatic rings. The monoisotopic (exact) mass is 438 g/mol. The minimum atomic E-state index is -0.645. The van der Waals surface area contributed by atoms with Crippen LogP contribution in [0.5, 0.6) is 5.75 Å². The molecule has 1 unspecified atom stereocenters. The Morgan fingerprint density at radius 3 is 2.52 bits per heavy atom. The van der Waals surface area contributed by atoms with Crippen LogP contribution in [0.15, 0.2) is 12.1 Å². The van der Waals surface area contributed by atoms with E-state index >= 15 is 0 Å². The molecular formula is C21H24Cl2N2O4. The number of amides is 2. The van der Waals surface area contributed by atoms with E-state index < -0.39 is 5.60 Å². The normalized spacial score (nSPS) is 23.6. The summed E-state index contributed by atoms with van der Waals surface area (Å²) >= 11 is 12.3. The first-order valence-electron chi connectivity index (χ1n) is 9.99. The molecule has 156 valence electrons. The van der Waals surface area contributed by atoms with Crippen LogP contribution in [-0.2, 0) is 9.59 Å². The largest absolute Gasteiger partial charge is 0.484 e. The molecule has 0 radical (unpaired) electrons. The van der Waals surface area contributed by atoms with Crippen molar-refractivity contribution in [3.8, 4) is 5.75 Å². The summed E-state index contributed by atoms with van der Waals surface area (Å²) in [6, 6.07) is 3.27. The van der Waals surface area contributed by atoms with Crippen molar-refractivity contribution >= 4 is 40.8 Å². The summed E-state index contributed by atoms with van der Waals surface area (Å²) in [6.45, 7) is 5.40. The van der Waals surface area contributed by atoms with Gasteiger partial charge in [0.05, 0.1) is 22.9 Å². The Labute approximate surface area is 180 Å². The maximum Gasteiger partial charge on any atom is 0.227 e. The van der Waals surface area contributed by atoms with Gasteiger partial charge in [0.15, 0.2) is 5.78 Å². The molecule has 3 aliphatic heterocycles. The van der Waals surface area contributed by atoms with Gasteiger partial charge in [-0.15, -0.1) is 0 Å². The molecule has 0 aliphatic carbocycles. The molecule has 1 atom stereocenters. The molecule has 1 aromatic carbocycles. The van der Waals surface area contributed by atoms with Crippen LogP contribution in [0.25, 0.3) is 0 Å². The lowest BCUT2D eigenvalue weighted by Crippen LogP contribution is -2.53. The number of ether oxygens (including phenoxy) is 1. The summed E-state index contributed by atoms with van der Waals surface area (Å²) in [5.74, 6) is 0.122. The highest BCUT2D eigenvalue weighted by atomic mass is 35.5. The van der Waals surface area contributed by atoms with Gasteiger partial charge < -0.3 is 14.5 Å². The predicted molar refractivity (Wildman–Crippen MR) is 110 cm³/mol. The SMILES string of the molecule is CC(C)N1CC(C(=O)N2CCC3(CC2)CC(=O)c2cc(Cl)cc(Cl)c2O3)CC1=O. The Kier molecular flexibility index (Phi) is 5.28. The molecule has 0 aromatic heterocycles. The number of nitrogens with zero attached hydrogens (tertiary/aromatic N) is 2. The van der Waals surface area contributed by atoms with Gasteiger partial charge in [-0.3, -0.25) is 14.4 Å². The minimum Gasteiger partial charge on any atom is -0.484 e. The minimum absolute atomic E-state index is 0.0173. The number of halogens is 2. The van der Waals surface area contributed by atoms with Gasteiger partial charge in [-0.25, -0.2) is 0 Å². The van der Waals surface area contributed by atoms with Gasteiger partial charge in [-0.2, -0.15) is 0 Å². The highest BCUT2D eigenvalue weighted by Crippen LogP contribution is 2.44. The molecular weight excluding hydrogens is 415 g/mol. The molecule has 1 spiro atoms. The number of fused-ring (bicyclic) bond motifs is 1. The summed E-state index contributed by atoms with van der Waals surface area (Å²) in [5.41, 5.74) is -0.224. The Hall–Kier alpha value is -1.79. The maximum absolute atomic E-state index is 12.9. The van der Waals surface area contributed by atoms with E-state index in [1.54, 1.807) is 21.9 Å². The fourth-order valence-electron chi connectivity index (χ4n) is 4.58. The Balaban J connectivity index is 1.44. The first kappa shape index (κ1) is 20.5. The number of ketones is 1. The molecule has 2 amide bonds. The van der Waals surface area contributed by atoms with Crippen molar-refractivity contribution in [1.29, 1.82) is 0 Å². The average molecular weight is 439 g/mol. The highest BCUT2D eigenvalue weighted by Gasteiger charge is 2.46. The van der Waals surface area contributed by atoms with Gasteiger partial charge >= 0.3 is 0 Å². The second-order valence-corrected chi connectivity index (χ2v) is 9.36. The third kappa shape index (κ3) is 3.73. The maximum atomic E-state index is 12.9. The van der Waals surface area contributed by atoms with Crippen molar-refractivity contribution < 1.29 is 19.1 Å². The molecule has 3 heterocycles. The van der Waals surface area contributed by atoms with Crippen molar-refractivity contribution in [2.24, 2.45) is 5.92 Å². The number of rotatable bonds is 2. The van der Waals surface area contributed by atoms with Gasteiger partial charge in [0.1, 0.15) is 11.4 Å². The number of likely N-dealkylation sites (tertiary alicyclic amines) is 2. The molecule has 0 N–H and O–H groups in total. The zero-order chi connectivity index (χ0) is 20.9. The number of Topliss-reactive ketones (excluding diaryl/α,β-unsaturated/α-hetero) is 1. The van der Waals surface area contributed by atoms with E-state index in [2.05, 4.69) is 0 Å². The summed E-state index contributed by atoms with van der Waals surface area (Å²) in [4.78, 5) is 41.4. The fourth-order valence-corrected chi connectivity index (χ4v) is 5.11. The van der Waals surface area contributed by atoms with E-state index in [0.29, 0.717) is 53.8 Å². The summed E-state index contributed by atoms with van der Waals surface area (Å²) in [5, 5.41) is 0.736. The van der Waals surface area contributed by atoms with Crippen molar-refractivity contribution in [1.82, 2.24) is 9.80 Å². The van der Waals surface area contributed by atoms with Crippen LogP contribution in [0.3, 0.4) is 0 Å². The molecule has 2 fully saturated rings. The predicted octanol–water partition coefficient (Wildman–Crippen LogP) is 3.58. The number of hydrogen-bond donors (Lipinski definition) is 0. The second kappa shape index (κ2) is 7.47. The quantitative estimate of drug-likeness (QED) is 0.707. The average Bonchev–Trinajstić information content (AvgIpc) is 3.05. The summed E-state index contributed by atoms with van der Waals surface area (Å²) in [7, 11) is 0. The van der Waals surface area contributed by atoms with Crippen LogP contribution in [0, 0.1) is 5.92 Å². The number of carbonyl (C=O) groups excluding carboxylic acids is 3. The first-order chi connectivity index (χ1) is 13.7. The molecule has 8 heteroatoms. The van der Waals surface area contributed by atoms with Crippen molar-refractivity contribution in [2.45, 2.75) is 51.2 Å². The molecule has 0 bridgehead atoms. The van der Waals surface area contributed by atoms with Crippen LogP contribution in [0.4, 0.5) is 0 Å². The standard InChI is InChI=1S/C21H24Cl2N2O4/c1-12(2)25-11-13(7-18(25)27)20(28)24-5-3-21(4-6-24)10-17(26)15-8-14(22)9-16(23)19(15)29-21/h8-9,12-13H,3-7,10-11H2,1-2H3. The number of piperidine rings is 1. The topological polar surface area (TPSA) is 66.9 Å². The van der Waals surface area contributed by atoms with E-state index in [-0.39, 0.29) is 42.4 Å². The van der Waals surface area contributed by atoms with Crippen LogP contribution in [-0.4, -0.2) is 58.7 Å². The number of hydrogen-bond acceptors (Lipinski definition) is 4. The Morgan fingerprint density at radius 1 is 1.21 bits per heavy atom. The number of benzene rings is 1. The second-order valence-electron chi connectivity index (χ2n) is 8.52. The van der Waals surface area contributed by atoms with Gasteiger partial charge in [0.25, 0.3) is 0 Å². The van der Waals surface area contributed by atoms with Gasteiger partial charge in [0.2, 0.25) is 11.8 Å². The van der Waals surface area contributed by atoms with Crippen molar-refractivity contribution in [3.05, 3.63) is 27.7 Å². The van der Waals surface area contributed by atoms with Crippen molar-refractivity contribution in [3.63, 3.8) is 0 Å². The Bertz CT molecular complexity index is 878. The smallest absolute Gasteiger partial charge is 0.227 e. The lowest BCUT2D eigenvalue weighted by atomic mass is 9.82. The van der Waals surface area contributed by atoms with Gasteiger partial charge in [-0.1, -0.05) is 23.2 Å². The molecule has 0 saturated carbocycles. The van der Waals surface area contributed by atoms with E-state index in [4.69, 9.17) is 27.9 Å². The molecule has 6 nitrogen and oxygen atoms in total. The van der Waals surface area contributed by atoms with E-state index in [1.807, 2.05) is 13.8 Å². The first-order valence-corrected chi connectivity index (χ1v) is 10.7. The highest BCUT2D eigenvalue weighted by molar-refractivity contribution is 6.36. The van der Waals surface area contributed by atoms with E-state index in [9.17, 15) is 14.4 Å². The number of carbonyl (C=O) groups is 3. The van der Waals surface area contributed by atoms with Crippen LogP contribution in [0.1, 0.15) is 49.9 Å². The fraction of sp³-hybridized carbons (Fsp3) is 0.571. The molecule has 4 rings (SSSR count). The van der Waals surface area contributed by atoms with E-state index in [1.165, 1.54) is 0 Å². The zero-order valence-electron chi connectivity index (χ0n) is 16.5. The van der Waals surface area contributed by atoms with Gasteiger partial charge in [-0.05, 0) is 26.0 Å². The van der Waals surface area contributed by atoms with Gasteiger partial charge in [0, 0.05) is 50.0 Å². The Morgan fingerprint density at radius 2 is 1.90 bits per heavy atom. The molecule has 2 saturated heterocycles. The summed E-state index contributed by atoms with van der Waals surface area (Å²) in [6.07, 6.45) is 1.63. The molecule has 29 heavy (non-hydrogen) atoms. The molecule has 1 aromatic rings. The zero-order valence-corrected chi connectivity index (χ0v) is 18.1.